The number of alkyl halides is 3. The summed E-state index contributed by atoms with van der Waals surface area (Å²) in [4.78, 5) is 2.25. The minimum absolute atomic E-state index is 0.195. The Morgan fingerprint density at radius 1 is 0.963 bits per heavy atom. The van der Waals surface area contributed by atoms with Crippen LogP contribution in [0.2, 0.25) is 0 Å². The summed E-state index contributed by atoms with van der Waals surface area (Å²) in [5.41, 5.74) is -0.883. The van der Waals surface area contributed by atoms with Crippen molar-refractivity contribution in [1.29, 1.82) is 0 Å². The second-order valence-electron chi connectivity index (χ2n) is 7.08. The van der Waals surface area contributed by atoms with Gasteiger partial charge in [0.2, 0.25) is 0 Å². The van der Waals surface area contributed by atoms with Gasteiger partial charge in [-0.25, -0.2) is 0 Å². The first kappa shape index (κ1) is 19.5. The topological polar surface area (TPSA) is 21.7 Å². The molecule has 146 valence electrons. The number of ether oxygens (including phenoxy) is 2. The first-order valence-electron chi connectivity index (χ1n) is 9.11. The largest absolute Gasteiger partial charge is 0.492 e. The molecule has 0 aliphatic carbocycles. The van der Waals surface area contributed by atoms with Crippen molar-refractivity contribution < 1.29 is 22.6 Å². The zero-order chi connectivity index (χ0) is 19.3. The van der Waals surface area contributed by atoms with E-state index in [2.05, 4.69) is 11.8 Å². The van der Waals surface area contributed by atoms with E-state index < -0.39 is 11.7 Å². The van der Waals surface area contributed by atoms with Crippen molar-refractivity contribution in [3.8, 4) is 11.5 Å². The van der Waals surface area contributed by atoms with Gasteiger partial charge in [0.05, 0.1) is 5.56 Å². The van der Waals surface area contributed by atoms with E-state index in [4.69, 9.17) is 9.47 Å². The van der Waals surface area contributed by atoms with Crippen LogP contribution in [0, 0.1) is 0 Å². The monoisotopic (exact) mass is 379 g/mol. The number of nitrogens with zero attached hydrogens (tertiary/aromatic N) is 1. The van der Waals surface area contributed by atoms with Crippen LogP contribution in [0.1, 0.15) is 25.3 Å². The molecule has 0 N–H and O–H groups in total. The number of benzene rings is 2. The molecule has 6 heteroatoms. The van der Waals surface area contributed by atoms with E-state index in [1.165, 1.54) is 6.07 Å². The van der Waals surface area contributed by atoms with Gasteiger partial charge in [-0.2, -0.15) is 13.2 Å². The minimum Gasteiger partial charge on any atom is -0.492 e. The van der Waals surface area contributed by atoms with Crippen LogP contribution in [0.15, 0.2) is 54.6 Å². The van der Waals surface area contributed by atoms with Gasteiger partial charge in [-0.3, -0.25) is 4.90 Å². The first-order valence-corrected chi connectivity index (χ1v) is 9.11. The van der Waals surface area contributed by atoms with Crippen LogP contribution in [-0.4, -0.2) is 36.7 Å². The third-order valence-corrected chi connectivity index (χ3v) is 4.86. The molecule has 3 rings (SSSR count). The second-order valence-corrected chi connectivity index (χ2v) is 7.08. The Morgan fingerprint density at radius 3 is 2.30 bits per heavy atom. The average Bonchev–Trinajstić information content (AvgIpc) is 2.64. The van der Waals surface area contributed by atoms with Crippen molar-refractivity contribution in [3.63, 3.8) is 0 Å². The molecular weight excluding hydrogens is 355 g/mol. The van der Waals surface area contributed by atoms with Crippen LogP contribution < -0.4 is 9.47 Å². The van der Waals surface area contributed by atoms with E-state index in [9.17, 15) is 13.2 Å². The maximum atomic E-state index is 12.7. The third kappa shape index (κ3) is 5.63. The lowest BCUT2D eigenvalue weighted by Gasteiger charge is -2.39. The molecule has 0 spiro atoms. The summed E-state index contributed by atoms with van der Waals surface area (Å²) in [6.45, 7) is 4.90. The zero-order valence-corrected chi connectivity index (χ0v) is 15.3. The predicted octanol–water partition coefficient (Wildman–Crippen LogP) is 5.02. The van der Waals surface area contributed by atoms with Crippen LogP contribution in [0.25, 0.3) is 0 Å². The molecule has 1 fully saturated rings. The molecule has 3 nitrogen and oxygen atoms in total. The summed E-state index contributed by atoms with van der Waals surface area (Å²) in [6, 6.07) is 14.8. The summed E-state index contributed by atoms with van der Waals surface area (Å²) >= 11 is 0. The molecule has 0 amide bonds. The van der Waals surface area contributed by atoms with Gasteiger partial charge >= 0.3 is 6.18 Å². The normalized spacial score (nSPS) is 17.5. The Morgan fingerprint density at radius 2 is 1.63 bits per heavy atom. The zero-order valence-electron chi connectivity index (χ0n) is 15.3. The van der Waals surface area contributed by atoms with E-state index in [1.807, 2.05) is 30.3 Å². The molecule has 0 atom stereocenters. The lowest BCUT2D eigenvalue weighted by molar-refractivity contribution is -0.137. The van der Waals surface area contributed by atoms with Crippen molar-refractivity contribution in [3.05, 3.63) is 60.2 Å². The van der Waals surface area contributed by atoms with Gasteiger partial charge in [0.15, 0.2) is 0 Å². The lowest BCUT2D eigenvalue weighted by atomic mass is 9.93. The number of piperidine rings is 1. The Kier molecular flexibility index (Phi) is 5.95. The van der Waals surface area contributed by atoms with Gasteiger partial charge in [-0.1, -0.05) is 24.3 Å². The second kappa shape index (κ2) is 8.21. The molecular formula is C21H24F3NO2. The van der Waals surface area contributed by atoms with Gasteiger partial charge in [-0.05, 0) is 50.1 Å². The van der Waals surface area contributed by atoms with Gasteiger partial charge in [0.1, 0.15) is 23.7 Å². The summed E-state index contributed by atoms with van der Waals surface area (Å²) in [6.07, 6.45) is -2.56. The molecule has 0 radical (unpaired) electrons. The quantitative estimate of drug-likeness (QED) is 0.704. The molecule has 0 saturated carbocycles. The number of rotatable bonds is 6. The highest BCUT2D eigenvalue weighted by atomic mass is 19.4. The lowest BCUT2D eigenvalue weighted by Crippen LogP contribution is -2.47. The summed E-state index contributed by atoms with van der Waals surface area (Å²) in [5, 5.41) is 0. The maximum Gasteiger partial charge on any atom is 0.416 e. The molecule has 2 aromatic rings. The number of hydrogen-bond donors (Lipinski definition) is 0. The van der Waals surface area contributed by atoms with Crippen LogP contribution in [0.3, 0.4) is 0 Å². The standard InChI is InChI=1S/C21H24F3NO2/c1-20(27-18-7-3-2-4-8-18)10-12-25(13-11-20)14-15-26-19-9-5-6-17(16-19)21(22,23)24/h2-9,16H,10-15H2,1H3. The van der Waals surface area contributed by atoms with Gasteiger partial charge in [0.25, 0.3) is 0 Å². The number of hydrogen-bond acceptors (Lipinski definition) is 3. The average molecular weight is 379 g/mol. The van der Waals surface area contributed by atoms with E-state index in [-0.39, 0.29) is 11.4 Å². The van der Waals surface area contributed by atoms with E-state index in [0.717, 1.165) is 43.8 Å². The van der Waals surface area contributed by atoms with E-state index >= 15 is 0 Å². The third-order valence-electron chi connectivity index (χ3n) is 4.86. The van der Waals surface area contributed by atoms with Crippen LogP contribution in [0.5, 0.6) is 11.5 Å². The highest BCUT2D eigenvalue weighted by molar-refractivity contribution is 5.30. The molecule has 1 heterocycles. The van der Waals surface area contributed by atoms with Crippen LogP contribution >= 0.6 is 0 Å². The Hall–Kier alpha value is -2.21. The number of likely N-dealkylation sites (tertiary alicyclic amines) is 1. The molecule has 27 heavy (non-hydrogen) atoms. The van der Waals surface area contributed by atoms with Crippen LogP contribution in [0.4, 0.5) is 13.2 Å². The SMILES string of the molecule is CC1(Oc2ccccc2)CCN(CCOc2cccc(C(F)(F)F)c2)CC1. The van der Waals surface area contributed by atoms with Gasteiger partial charge in [0, 0.05) is 19.6 Å². The molecule has 1 aliphatic heterocycles. The number of halogens is 3. The summed E-state index contributed by atoms with van der Waals surface area (Å²) < 4.78 is 49.9. The van der Waals surface area contributed by atoms with Crippen molar-refractivity contribution in [1.82, 2.24) is 4.90 Å². The molecule has 2 aromatic carbocycles. The van der Waals surface area contributed by atoms with E-state index in [0.29, 0.717) is 13.2 Å². The fourth-order valence-electron chi connectivity index (χ4n) is 3.18. The molecule has 0 aromatic heterocycles. The van der Waals surface area contributed by atoms with Crippen LogP contribution in [-0.2, 0) is 6.18 Å². The van der Waals surface area contributed by atoms with Crippen molar-refractivity contribution in [2.45, 2.75) is 31.5 Å². The van der Waals surface area contributed by atoms with Gasteiger partial charge in [-0.15, -0.1) is 0 Å². The fourth-order valence-corrected chi connectivity index (χ4v) is 3.18. The highest BCUT2D eigenvalue weighted by Gasteiger charge is 2.32. The van der Waals surface area contributed by atoms with Crippen molar-refractivity contribution >= 4 is 0 Å². The van der Waals surface area contributed by atoms with E-state index in [1.54, 1.807) is 6.07 Å². The maximum absolute atomic E-state index is 12.7. The van der Waals surface area contributed by atoms with Crippen molar-refractivity contribution in [2.75, 3.05) is 26.2 Å². The first-order chi connectivity index (χ1) is 12.8. The summed E-state index contributed by atoms with van der Waals surface area (Å²) in [7, 11) is 0. The fraction of sp³-hybridized carbons (Fsp3) is 0.429. The van der Waals surface area contributed by atoms with Gasteiger partial charge < -0.3 is 9.47 Å². The predicted molar refractivity (Wildman–Crippen MR) is 98.1 cm³/mol. The summed E-state index contributed by atoms with van der Waals surface area (Å²) in [5.74, 6) is 1.13. The van der Waals surface area contributed by atoms with Crippen molar-refractivity contribution in [2.24, 2.45) is 0 Å². The molecule has 1 saturated heterocycles. The Labute approximate surface area is 157 Å². The number of para-hydroxylation sites is 1. The Bertz CT molecular complexity index is 726. The highest BCUT2D eigenvalue weighted by Crippen LogP contribution is 2.31. The smallest absolute Gasteiger partial charge is 0.416 e. The molecule has 1 aliphatic rings. The Balaban J connectivity index is 1.43. The molecule has 0 bridgehead atoms. The minimum atomic E-state index is -4.35. The molecule has 0 unspecified atom stereocenters.